The number of carbonyl (C=O) groups excluding carboxylic acids is 1. The first-order chi connectivity index (χ1) is 9.56. The molecule has 2 rings (SSSR count). The maximum Gasteiger partial charge on any atom is 0.263 e. The van der Waals surface area contributed by atoms with E-state index in [2.05, 4.69) is 26.1 Å². The normalized spacial score (nSPS) is 11.9. The topological polar surface area (TPSA) is 58.2 Å². The molecule has 1 amide bonds. The molecular weight excluding hydrogens is 322 g/mol. The van der Waals surface area contributed by atoms with Gasteiger partial charge < -0.3 is 9.64 Å². The number of likely N-dealkylation sites (N-methyl/N-ethyl adjacent to an activating group) is 1. The van der Waals surface area contributed by atoms with Crippen molar-refractivity contribution in [3.05, 3.63) is 46.7 Å². The Hall–Kier alpha value is -1.82. The number of halogens is 1. The molecule has 106 valence electrons. The van der Waals surface area contributed by atoms with E-state index in [0.29, 0.717) is 12.3 Å². The van der Waals surface area contributed by atoms with Gasteiger partial charge in [0.15, 0.2) is 6.10 Å². The highest BCUT2D eigenvalue weighted by Gasteiger charge is 2.19. The molecule has 0 aliphatic rings. The Labute approximate surface area is 126 Å². The number of ether oxygens (including phenoxy) is 1. The van der Waals surface area contributed by atoms with E-state index in [0.717, 1.165) is 10.0 Å². The van der Waals surface area contributed by atoms with Gasteiger partial charge in [0, 0.05) is 29.8 Å². The Bertz CT molecular complexity index is 554. The monoisotopic (exact) mass is 337 g/mol. The van der Waals surface area contributed by atoms with Crippen LogP contribution < -0.4 is 4.74 Å². The van der Waals surface area contributed by atoms with Crippen molar-refractivity contribution in [3.63, 3.8) is 0 Å². The Morgan fingerprint density at radius 3 is 2.75 bits per heavy atom. The van der Waals surface area contributed by atoms with Gasteiger partial charge in [-0.1, -0.05) is 15.9 Å². The van der Waals surface area contributed by atoms with Gasteiger partial charge >= 0.3 is 0 Å². The van der Waals surface area contributed by atoms with E-state index in [4.69, 9.17) is 4.74 Å². The third-order valence-electron chi connectivity index (χ3n) is 2.83. The molecule has 0 saturated heterocycles. The summed E-state index contributed by atoms with van der Waals surface area (Å²) in [6.07, 6.45) is 2.93. The van der Waals surface area contributed by atoms with Crippen LogP contribution in [0, 0.1) is 0 Å². The number of nitrogens with zero attached hydrogens (tertiary/aromatic N) is 2. The van der Waals surface area contributed by atoms with Gasteiger partial charge in [0.1, 0.15) is 5.75 Å². The molecular formula is C14H16BrN3O2. The molecule has 0 fully saturated rings. The van der Waals surface area contributed by atoms with Gasteiger partial charge in [0.2, 0.25) is 0 Å². The summed E-state index contributed by atoms with van der Waals surface area (Å²) in [5, 5.41) is 6.58. The van der Waals surface area contributed by atoms with Crippen LogP contribution in [0.4, 0.5) is 0 Å². The molecule has 1 atom stereocenters. The van der Waals surface area contributed by atoms with E-state index in [1.165, 1.54) is 0 Å². The number of aromatic nitrogens is 2. The summed E-state index contributed by atoms with van der Waals surface area (Å²) in [4.78, 5) is 13.8. The fourth-order valence-electron chi connectivity index (χ4n) is 1.79. The predicted molar refractivity (Wildman–Crippen MR) is 79.3 cm³/mol. The van der Waals surface area contributed by atoms with Crippen LogP contribution in [0.2, 0.25) is 0 Å². The lowest BCUT2D eigenvalue weighted by atomic mass is 10.3. The number of hydrogen-bond acceptors (Lipinski definition) is 3. The Balaban J connectivity index is 1.92. The zero-order chi connectivity index (χ0) is 14.5. The molecule has 1 unspecified atom stereocenters. The predicted octanol–water partition coefficient (Wildman–Crippen LogP) is 2.60. The van der Waals surface area contributed by atoms with E-state index in [-0.39, 0.29) is 5.91 Å². The number of benzene rings is 1. The fraction of sp³-hybridized carbons (Fsp3) is 0.286. The minimum absolute atomic E-state index is 0.0749. The lowest BCUT2D eigenvalue weighted by Crippen LogP contribution is -2.37. The van der Waals surface area contributed by atoms with Gasteiger partial charge in [-0.15, -0.1) is 0 Å². The molecule has 1 aromatic heterocycles. The summed E-state index contributed by atoms with van der Waals surface area (Å²) < 4.78 is 6.61. The molecule has 1 heterocycles. The second-order valence-corrected chi connectivity index (χ2v) is 5.43. The Morgan fingerprint density at radius 1 is 1.45 bits per heavy atom. The van der Waals surface area contributed by atoms with E-state index < -0.39 is 6.10 Å². The molecule has 0 saturated carbocycles. The third-order valence-corrected chi connectivity index (χ3v) is 3.35. The largest absolute Gasteiger partial charge is 0.481 e. The van der Waals surface area contributed by atoms with Crippen LogP contribution in [0.3, 0.4) is 0 Å². The van der Waals surface area contributed by atoms with Crippen molar-refractivity contribution < 1.29 is 9.53 Å². The number of carbonyl (C=O) groups is 1. The summed E-state index contributed by atoms with van der Waals surface area (Å²) in [6.45, 7) is 2.25. The summed E-state index contributed by atoms with van der Waals surface area (Å²) >= 11 is 3.36. The van der Waals surface area contributed by atoms with Gasteiger partial charge in [-0.3, -0.25) is 9.89 Å². The second kappa shape index (κ2) is 6.56. The maximum absolute atomic E-state index is 12.2. The molecule has 5 nitrogen and oxygen atoms in total. The smallest absolute Gasteiger partial charge is 0.263 e. The molecule has 2 aromatic rings. The average Bonchev–Trinajstić information content (AvgIpc) is 2.93. The zero-order valence-corrected chi connectivity index (χ0v) is 12.9. The van der Waals surface area contributed by atoms with E-state index >= 15 is 0 Å². The molecule has 1 aromatic carbocycles. The summed E-state index contributed by atoms with van der Waals surface area (Å²) in [5.74, 6) is 0.597. The Kier molecular flexibility index (Phi) is 4.79. The van der Waals surface area contributed by atoms with Crippen molar-refractivity contribution in [1.29, 1.82) is 0 Å². The van der Waals surface area contributed by atoms with Crippen molar-refractivity contribution in [2.24, 2.45) is 0 Å². The molecule has 1 N–H and O–H groups in total. The number of nitrogens with one attached hydrogen (secondary N) is 1. The van der Waals surface area contributed by atoms with E-state index in [1.54, 1.807) is 31.3 Å². The standard InChI is InChI=1S/C14H16BrN3O2/c1-10(20-13-5-3-12(15)4-6-13)14(19)18(2)9-11-7-16-17-8-11/h3-8,10H,9H2,1-2H3,(H,16,17). The molecule has 20 heavy (non-hydrogen) atoms. The SMILES string of the molecule is CC(Oc1ccc(Br)cc1)C(=O)N(C)Cc1cn[nH]c1. The summed E-state index contributed by atoms with van der Waals surface area (Å²) in [7, 11) is 1.75. The van der Waals surface area contributed by atoms with Crippen LogP contribution in [-0.4, -0.2) is 34.2 Å². The van der Waals surface area contributed by atoms with Gasteiger partial charge in [0.05, 0.1) is 6.20 Å². The highest BCUT2D eigenvalue weighted by atomic mass is 79.9. The molecule has 0 radical (unpaired) electrons. The molecule has 0 bridgehead atoms. The number of rotatable bonds is 5. The van der Waals surface area contributed by atoms with Gasteiger partial charge in [0.25, 0.3) is 5.91 Å². The molecule has 0 aliphatic carbocycles. The first-order valence-electron chi connectivity index (χ1n) is 6.21. The first kappa shape index (κ1) is 14.6. The highest BCUT2D eigenvalue weighted by molar-refractivity contribution is 9.10. The van der Waals surface area contributed by atoms with Gasteiger partial charge in [-0.05, 0) is 31.2 Å². The number of aromatic amines is 1. The van der Waals surface area contributed by atoms with Crippen LogP contribution in [0.5, 0.6) is 5.75 Å². The van der Waals surface area contributed by atoms with Crippen molar-refractivity contribution in [3.8, 4) is 5.75 Å². The highest BCUT2D eigenvalue weighted by Crippen LogP contribution is 2.17. The van der Waals surface area contributed by atoms with E-state index in [9.17, 15) is 4.79 Å². The first-order valence-corrected chi connectivity index (χ1v) is 7.00. The van der Waals surface area contributed by atoms with Crippen molar-refractivity contribution in [2.75, 3.05) is 7.05 Å². The lowest BCUT2D eigenvalue weighted by Gasteiger charge is -2.21. The minimum Gasteiger partial charge on any atom is -0.481 e. The number of amides is 1. The van der Waals surface area contributed by atoms with Crippen LogP contribution >= 0.6 is 15.9 Å². The molecule has 0 spiro atoms. The van der Waals surface area contributed by atoms with Crippen LogP contribution in [0.15, 0.2) is 41.1 Å². The molecule has 0 aliphatic heterocycles. The van der Waals surface area contributed by atoms with Crippen LogP contribution in [-0.2, 0) is 11.3 Å². The van der Waals surface area contributed by atoms with Gasteiger partial charge in [-0.25, -0.2) is 0 Å². The van der Waals surface area contributed by atoms with Crippen molar-refractivity contribution in [1.82, 2.24) is 15.1 Å². The quantitative estimate of drug-likeness (QED) is 0.912. The number of H-pyrrole nitrogens is 1. The fourth-order valence-corrected chi connectivity index (χ4v) is 2.06. The van der Waals surface area contributed by atoms with Crippen LogP contribution in [0.25, 0.3) is 0 Å². The summed E-state index contributed by atoms with van der Waals surface area (Å²) in [5.41, 5.74) is 0.955. The maximum atomic E-state index is 12.2. The average molecular weight is 338 g/mol. The third kappa shape index (κ3) is 3.84. The van der Waals surface area contributed by atoms with Crippen LogP contribution in [0.1, 0.15) is 12.5 Å². The molecule has 6 heteroatoms. The van der Waals surface area contributed by atoms with Gasteiger partial charge in [-0.2, -0.15) is 5.10 Å². The van der Waals surface area contributed by atoms with Crippen molar-refractivity contribution >= 4 is 21.8 Å². The minimum atomic E-state index is -0.534. The number of hydrogen-bond donors (Lipinski definition) is 1. The second-order valence-electron chi connectivity index (χ2n) is 4.51. The van der Waals surface area contributed by atoms with Crippen molar-refractivity contribution in [2.45, 2.75) is 19.6 Å². The summed E-state index contributed by atoms with van der Waals surface area (Å²) in [6, 6.07) is 7.40. The van der Waals surface area contributed by atoms with E-state index in [1.807, 2.05) is 24.3 Å². The lowest BCUT2D eigenvalue weighted by molar-refractivity contribution is -0.137. The zero-order valence-electron chi connectivity index (χ0n) is 11.3. The Morgan fingerprint density at radius 2 is 2.15 bits per heavy atom.